The second-order valence-electron chi connectivity index (χ2n) is 3.56. The van der Waals surface area contributed by atoms with E-state index in [1.165, 1.54) is 0 Å². The summed E-state index contributed by atoms with van der Waals surface area (Å²) in [4.78, 5) is 15.7. The molecule has 0 saturated carbocycles. The summed E-state index contributed by atoms with van der Waals surface area (Å²) in [6.07, 6.45) is 0. The van der Waals surface area contributed by atoms with Gasteiger partial charge in [0, 0.05) is 23.7 Å². The van der Waals surface area contributed by atoms with Gasteiger partial charge in [-0.05, 0) is 31.2 Å². The quantitative estimate of drug-likeness (QED) is 0.423. The molecule has 0 aromatic heterocycles. The number of aliphatic imine (C=N–C) groups is 1. The van der Waals surface area contributed by atoms with Crippen LogP contribution >= 0.6 is 11.6 Å². The molecule has 1 rings (SSSR count). The van der Waals surface area contributed by atoms with Crippen LogP contribution in [0.4, 0.5) is 0 Å². The molecule has 0 radical (unpaired) electrons. The minimum absolute atomic E-state index is 0.149. The normalized spacial score (nSPS) is 11.1. The van der Waals surface area contributed by atoms with Crippen LogP contribution in [0, 0.1) is 0 Å². The molecule has 0 aliphatic carbocycles. The van der Waals surface area contributed by atoms with Crippen molar-refractivity contribution >= 4 is 23.5 Å². The molecular formula is C12H17ClN4O. The standard InChI is InChI=1S/C12H17ClN4O/c1-2-15-12(14)17-8-7-16-11(18)9-3-5-10(13)6-4-9/h3-6H,2,7-8H2,1H3,(H,16,18)(H3,14,15,17). The Morgan fingerprint density at radius 3 is 2.61 bits per heavy atom. The maximum atomic E-state index is 11.7. The largest absolute Gasteiger partial charge is 0.370 e. The lowest BCUT2D eigenvalue weighted by molar-refractivity contribution is 0.0955. The minimum Gasteiger partial charge on any atom is -0.370 e. The Balaban J connectivity index is 2.33. The highest BCUT2D eigenvalue weighted by Gasteiger charge is 2.03. The van der Waals surface area contributed by atoms with E-state index in [4.69, 9.17) is 17.3 Å². The van der Waals surface area contributed by atoms with Crippen molar-refractivity contribution in [2.45, 2.75) is 6.92 Å². The topological polar surface area (TPSA) is 79.5 Å². The maximum Gasteiger partial charge on any atom is 0.251 e. The third-order valence-electron chi connectivity index (χ3n) is 2.14. The van der Waals surface area contributed by atoms with Crippen molar-refractivity contribution in [2.75, 3.05) is 19.6 Å². The summed E-state index contributed by atoms with van der Waals surface area (Å²) >= 11 is 5.74. The summed E-state index contributed by atoms with van der Waals surface area (Å²) in [5.74, 6) is 0.238. The van der Waals surface area contributed by atoms with Gasteiger partial charge in [0.05, 0.1) is 6.54 Å². The Labute approximate surface area is 111 Å². The molecule has 0 aliphatic heterocycles. The van der Waals surface area contributed by atoms with Crippen LogP contribution in [0.25, 0.3) is 0 Å². The molecule has 0 bridgehead atoms. The fraction of sp³-hybridized carbons (Fsp3) is 0.333. The van der Waals surface area contributed by atoms with Crippen LogP contribution in [0.2, 0.25) is 5.02 Å². The summed E-state index contributed by atoms with van der Waals surface area (Å²) in [5, 5.41) is 6.22. The Bertz CT molecular complexity index is 417. The van der Waals surface area contributed by atoms with Gasteiger partial charge in [-0.2, -0.15) is 0 Å². The van der Waals surface area contributed by atoms with E-state index in [1.54, 1.807) is 24.3 Å². The number of rotatable bonds is 5. The van der Waals surface area contributed by atoms with Gasteiger partial charge in [-0.25, -0.2) is 0 Å². The van der Waals surface area contributed by atoms with Crippen LogP contribution in [0.15, 0.2) is 29.3 Å². The van der Waals surface area contributed by atoms with E-state index in [2.05, 4.69) is 15.6 Å². The summed E-state index contributed by atoms with van der Waals surface area (Å²) in [6, 6.07) is 6.71. The Morgan fingerprint density at radius 1 is 1.33 bits per heavy atom. The Hall–Kier alpha value is -1.75. The molecule has 0 spiro atoms. The van der Waals surface area contributed by atoms with E-state index in [0.29, 0.717) is 29.6 Å². The van der Waals surface area contributed by atoms with Crippen molar-refractivity contribution in [1.29, 1.82) is 0 Å². The van der Waals surface area contributed by atoms with E-state index in [1.807, 2.05) is 6.92 Å². The predicted octanol–water partition coefficient (Wildman–Crippen LogP) is 0.994. The van der Waals surface area contributed by atoms with Gasteiger partial charge in [0.2, 0.25) is 0 Å². The first-order valence-corrected chi connectivity index (χ1v) is 6.09. The summed E-state index contributed by atoms with van der Waals surface area (Å²) in [5.41, 5.74) is 6.11. The Kier molecular flexibility index (Phi) is 6.00. The van der Waals surface area contributed by atoms with Crippen LogP contribution in [-0.2, 0) is 0 Å². The Morgan fingerprint density at radius 2 is 2.00 bits per heavy atom. The number of amides is 1. The third kappa shape index (κ3) is 5.05. The zero-order chi connectivity index (χ0) is 13.4. The van der Waals surface area contributed by atoms with E-state index >= 15 is 0 Å². The number of halogens is 1. The second kappa shape index (κ2) is 7.55. The first-order valence-electron chi connectivity index (χ1n) is 5.71. The van der Waals surface area contributed by atoms with Crippen molar-refractivity contribution in [3.05, 3.63) is 34.9 Å². The molecule has 18 heavy (non-hydrogen) atoms. The molecule has 1 amide bonds. The molecule has 0 aliphatic rings. The predicted molar refractivity (Wildman–Crippen MR) is 74.0 cm³/mol. The van der Waals surface area contributed by atoms with Crippen molar-refractivity contribution in [3.63, 3.8) is 0 Å². The minimum atomic E-state index is -0.149. The molecule has 0 atom stereocenters. The number of nitrogens with zero attached hydrogens (tertiary/aromatic N) is 1. The molecule has 0 fully saturated rings. The van der Waals surface area contributed by atoms with Gasteiger partial charge in [-0.1, -0.05) is 11.6 Å². The lowest BCUT2D eigenvalue weighted by Gasteiger charge is -2.04. The molecular weight excluding hydrogens is 252 g/mol. The van der Waals surface area contributed by atoms with Gasteiger partial charge >= 0.3 is 0 Å². The van der Waals surface area contributed by atoms with Gasteiger partial charge in [-0.3, -0.25) is 9.79 Å². The van der Waals surface area contributed by atoms with Gasteiger partial charge in [0.1, 0.15) is 0 Å². The van der Waals surface area contributed by atoms with Gasteiger partial charge < -0.3 is 16.4 Å². The molecule has 4 N–H and O–H groups in total. The number of benzene rings is 1. The third-order valence-corrected chi connectivity index (χ3v) is 2.40. The molecule has 6 heteroatoms. The number of hydrogen-bond donors (Lipinski definition) is 3. The van der Waals surface area contributed by atoms with Gasteiger partial charge in [-0.15, -0.1) is 0 Å². The lowest BCUT2D eigenvalue weighted by Crippen LogP contribution is -2.33. The number of carbonyl (C=O) groups is 1. The fourth-order valence-electron chi connectivity index (χ4n) is 1.29. The first-order chi connectivity index (χ1) is 8.63. The van der Waals surface area contributed by atoms with Crippen LogP contribution in [-0.4, -0.2) is 31.5 Å². The maximum absolute atomic E-state index is 11.7. The SMILES string of the molecule is CCNC(N)=NCCNC(=O)c1ccc(Cl)cc1. The molecule has 0 unspecified atom stereocenters. The van der Waals surface area contributed by atoms with E-state index in [-0.39, 0.29) is 5.91 Å². The molecule has 1 aromatic carbocycles. The average molecular weight is 269 g/mol. The van der Waals surface area contributed by atoms with Crippen molar-refractivity contribution in [3.8, 4) is 0 Å². The monoisotopic (exact) mass is 268 g/mol. The zero-order valence-electron chi connectivity index (χ0n) is 10.2. The number of guanidine groups is 1. The summed E-state index contributed by atoms with van der Waals surface area (Å²) < 4.78 is 0. The van der Waals surface area contributed by atoms with Gasteiger partial charge in [0.15, 0.2) is 5.96 Å². The molecule has 0 heterocycles. The van der Waals surface area contributed by atoms with E-state index in [0.717, 1.165) is 6.54 Å². The number of nitrogens with two attached hydrogens (primary N) is 1. The number of hydrogen-bond acceptors (Lipinski definition) is 2. The average Bonchev–Trinajstić information content (AvgIpc) is 2.35. The number of nitrogens with one attached hydrogen (secondary N) is 2. The first kappa shape index (κ1) is 14.3. The highest BCUT2D eigenvalue weighted by Crippen LogP contribution is 2.08. The molecule has 5 nitrogen and oxygen atoms in total. The zero-order valence-corrected chi connectivity index (χ0v) is 11.0. The second-order valence-corrected chi connectivity index (χ2v) is 4.00. The van der Waals surface area contributed by atoms with Crippen molar-refractivity contribution < 1.29 is 4.79 Å². The fourth-order valence-corrected chi connectivity index (χ4v) is 1.41. The molecule has 0 saturated heterocycles. The van der Waals surface area contributed by atoms with Crippen LogP contribution in [0.3, 0.4) is 0 Å². The highest BCUT2D eigenvalue weighted by molar-refractivity contribution is 6.30. The van der Waals surface area contributed by atoms with Crippen LogP contribution in [0.1, 0.15) is 17.3 Å². The van der Waals surface area contributed by atoms with Crippen molar-refractivity contribution in [2.24, 2.45) is 10.7 Å². The van der Waals surface area contributed by atoms with Crippen molar-refractivity contribution in [1.82, 2.24) is 10.6 Å². The smallest absolute Gasteiger partial charge is 0.251 e. The van der Waals surface area contributed by atoms with Gasteiger partial charge in [0.25, 0.3) is 5.91 Å². The summed E-state index contributed by atoms with van der Waals surface area (Å²) in [7, 11) is 0. The highest BCUT2D eigenvalue weighted by atomic mass is 35.5. The molecule has 98 valence electrons. The van der Waals surface area contributed by atoms with E-state index in [9.17, 15) is 4.79 Å². The lowest BCUT2D eigenvalue weighted by atomic mass is 10.2. The van der Waals surface area contributed by atoms with Crippen LogP contribution < -0.4 is 16.4 Å². The van der Waals surface area contributed by atoms with Crippen LogP contribution in [0.5, 0.6) is 0 Å². The van der Waals surface area contributed by atoms with E-state index < -0.39 is 0 Å². The number of carbonyl (C=O) groups excluding carboxylic acids is 1. The molecule has 1 aromatic rings. The summed E-state index contributed by atoms with van der Waals surface area (Å²) in [6.45, 7) is 3.54.